The first-order valence-corrected chi connectivity index (χ1v) is 34.9. The van der Waals surface area contributed by atoms with Crippen LogP contribution in [0.25, 0.3) is 0 Å². The zero-order chi connectivity index (χ0) is 59.2. The molecule has 0 aromatic carbocycles. The molecule has 0 spiro atoms. The van der Waals surface area contributed by atoms with Gasteiger partial charge in [0.05, 0.1) is 0 Å². The number of rotatable bonds is 63. The van der Waals surface area contributed by atoms with Crippen LogP contribution < -0.4 is 0 Å². The van der Waals surface area contributed by atoms with E-state index in [0.29, 0.717) is 19.3 Å². The Kier molecular flexibility index (Phi) is 66.2. The molecule has 0 amide bonds. The van der Waals surface area contributed by atoms with E-state index >= 15 is 0 Å². The summed E-state index contributed by atoms with van der Waals surface area (Å²) in [5, 5.41) is 0. The molecule has 6 nitrogen and oxygen atoms in total. The lowest BCUT2D eigenvalue weighted by Gasteiger charge is -2.18. The lowest BCUT2D eigenvalue weighted by molar-refractivity contribution is -0.167. The van der Waals surface area contributed by atoms with Crippen LogP contribution in [0, 0.1) is 0 Å². The number of carbonyl (C=O) groups is 3. The van der Waals surface area contributed by atoms with E-state index in [-0.39, 0.29) is 31.1 Å². The van der Waals surface area contributed by atoms with E-state index in [2.05, 4.69) is 130 Å². The van der Waals surface area contributed by atoms with Crippen molar-refractivity contribution < 1.29 is 28.6 Å². The number of hydrogen-bond donors (Lipinski definition) is 0. The van der Waals surface area contributed by atoms with Gasteiger partial charge in [0.2, 0.25) is 0 Å². The fraction of sp³-hybridized carbons (Fsp3) is 0.724. The zero-order valence-corrected chi connectivity index (χ0v) is 54.0. The van der Waals surface area contributed by atoms with Crippen molar-refractivity contribution in [1.29, 1.82) is 0 Å². The topological polar surface area (TPSA) is 78.9 Å². The highest BCUT2D eigenvalue weighted by atomic mass is 16.6. The summed E-state index contributed by atoms with van der Waals surface area (Å²) in [6.45, 7) is 6.44. The average molecular weight is 1140 g/mol. The molecular weight excluding hydrogens is 1010 g/mol. The van der Waals surface area contributed by atoms with Gasteiger partial charge in [0, 0.05) is 19.3 Å². The van der Waals surface area contributed by atoms with E-state index in [0.717, 1.165) is 135 Å². The zero-order valence-electron chi connectivity index (χ0n) is 54.0. The molecule has 0 rings (SSSR count). The Morgan fingerprint density at radius 2 is 0.476 bits per heavy atom. The number of esters is 3. The number of unbranched alkanes of at least 4 members (excludes halogenated alkanes) is 34. The van der Waals surface area contributed by atoms with E-state index in [9.17, 15) is 14.4 Å². The smallest absolute Gasteiger partial charge is 0.306 e. The molecule has 0 fully saturated rings. The van der Waals surface area contributed by atoms with E-state index < -0.39 is 6.10 Å². The van der Waals surface area contributed by atoms with Gasteiger partial charge in [-0.25, -0.2) is 0 Å². The Balaban J connectivity index is 4.39. The summed E-state index contributed by atoms with van der Waals surface area (Å²) >= 11 is 0. The molecule has 0 aromatic heterocycles. The number of carbonyl (C=O) groups excluding carboxylic acids is 3. The average Bonchev–Trinajstić information content (AvgIpc) is 3.47. The summed E-state index contributed by atoms with van der Waals surface area (Å²) in [6.07, 6.45) is 95.3. The lowest BCUT2D eigenvalue weighted by atomic mass is 10.0. The van der Waals surface area contributed by atoms with Gasteiger partial charge < -0.3 is 14.2 Å². The van der Waals surface area contributed by atoms with Crippen molar-refractivity contribution in [2.45, 2.75) is 341 Å². The molecule has 0 radical (unpaired) electrons. The van der Waals surface area contributed by atoms with Crippen LogP contribution in [-0.4, -0.2) is 37.2 Å². The molecule has 0 aliphatic carbocycles. The van der Waals surface area contributed by atoms with Gasteiger partial charge in [-0.1, -0.05) is 323 Å². The third kappa shape index (κ3) is 66.9. The molecule has 470 valence electrons. The minimum Gasteiger partial charge on any atom is -0.462 e. The monoisotopic (exact) mass is 1140 g/mol. The van der Waals surface area contributed by atoms with Crippen molar-refractivity contribution in [3.63, 3.8) is 0 Å². The first-order valence-electron chi connectivity index (χ1n) is 34.9. The molecule has 1 atom stereocenters. The molecule has 6 heteroatoms. The largest absolute Gasteiger partial charge is 0.462 e. The molecule has 0 aliphatic heterocycles. The van der Waals surface area contributed by atoms with E-state index in [1.54, 1.807) is 0 Å². The molecule has 0 N–H and O–H groups in total. The van der Waals surface area contributed by atoms with Gasteiger partial charge in [-0.15, -0.1) is 0 Å². The highest BCUT2D eigenvalue weighted by Crippen LogP contribution is 2.17. The highest BCUT2D eigenvalue weighted by Gasteiger charge is 2.19. The van der Waals surface area contributed by atoms with E-state index in [1.807, 2.05) is 0 Å². The fourth-order valence-electron chi connectivity index (χ4n) is 9.88. The van der Waals surface area contributed by atoms with Crippen LogP contribution in [0.5, 0.6) is 0 Å². The summed E-state index contributed by atoms with van der Waals surface area (Å²) in [5.41, 5.74) is 0. The van der Waals surface area contributed by atoms with Crippen molar-refractivity contribution in [3.05, 3.63) is 109 Å². The van der Waals surface area contributed by atoms with Crippen LogP contribution in [-0.2, 0) is 28.6 Å². The second kappa shape index (κ2) is 69.6. The second-order valence-electron chi connectivity index (χ2n) is 23.0. The van der Waals surface area contributed by atoms with Gasteiger partial charge in [0.25, 0.3) is 0 Å². The Morgan fingerprint density at radius 1 is 0.256 bits per heavy atom. The van der Waals surface area contributed by atoms with Crippen LogP contribution in [0.15, 0.2) is 109 Å². The first-order chi connectivity index (χ1) is 40.5. The Morgan fingerprint density at radius 3 is 0.744 bits per heavy atom. The third-order valence-corrected chi connectivity index (χ3v) is 15.0. The summed E-state index contributed by atoms with van der Waals surface area (Å²) in [5.74, 6) is -0.889. The van der Waals surface area contributed by atoms with Crippen molar-refractivity contribution in [2.24, 2.45) is 0 Å². The molecule has 0 saturated carbocycles. The summed E-state index contributed by atoms with van der Waals surface area (Å²) in [4.78, 5) is 38.5. The molecular formula is C76H130O6. The fourth-order valence-corrected chi connectivity index (χ4v) is 9.88. The standard InChI is InChI=1S/C76H130O6/c1-4-7-10-13-16-19-22-25-28-31-34-36-37-38-39-41-42-45-48-51-54-57-60-63-66-69-75(78)81-72-73(71-80-74(77)68-65-62-59-56-53-50-47-44-33-30-27-24-21-18-15-12-9-6-3)82-76(79)70-67-64-61-58-55-52-49-46-43-40-35-32-29-26-23-20-17-14-11-8-5-2/h7-8,10-11,16-17,19-20,25-26,28-29,34-36,40,46,49,73H,4-6,9,12-15,18,21-24,27,30-33,37-39,41-45,47-48,50-72H2,1-3H3/b10-7-,11-8-,19-16-,20-17-,28-25-,29-26-,36-34-,40-35-,49-46-. The number of ether oxygens (including phenoxy) is 3. The molecule has 0 saturated heterocycles. The van der Waals surface area contributed by atoms with Gasteiger partial charge in [0.15, 0.2) is 6.10 Å². The molecule has 0 heterocycles. The normalized spacial score (nSPS) is 12.8. The van der Waals surface area contributed by atoms with Crippen LogP contribution in [0.4, 0.5) is 0 Å². The van der Waals surface area contributed by atoms with Crippen molar-refractivity contribution in [2.75, 3.05) is 13.2 Å². The van der Waals surface area contributed by atoms with Gasteiger partial charge >= 0.3 is 17.9 Å². The Hall–Kier alpha value is -3.93. The minimum atomic E-state index is -0.791. The predicted molar refractivity (Wildman–Crippen MR) is 357 cm³/mol. The summed E-state index contributed by atoms with van der Waals surface area (Å²) in [6, 6.07) is 0. The van der Waals surface area contributed by atoms with Crippen LogP contribution in [0.2, 0.25) is 0 Å². The maximum absolute atomic E-state index is 13.0. The first kappa shape index (κ1) is 78.1. The van der Waals surface area contributed by atoms with Crippen molar-refractivity contribution in [1.82, 2.24) is 0 Å². The van der Waals surface area contributed by atoms with Crippen LogP contribution in [0.3, 0.4) is 0 Å². The Labute approximate surface area is 508 Å². The third-order valence-electron chi connectivity index (χ3n) is 15.0. The van der Waals surface area contributed by atoms with Crippen LogP contribution in [0.1, 0.15) is 335 Å². The number of hydrogen-bond acceptors (Lipinski definition) is 6. The molecule has 1 unspecified atom stereocenters. The van der Waals surface area contributed by atoms with E-state index in [4.69, 9.17) is 14.2 Å². The van der Waals surface area contributed by atoms with Gasteiger partial charge in [-0.05, 0) is 103 Å². The maximum atomic E-state index is 13.0. The minimum absolute atomic E-state index is 0.0839. The van der Waals surface area contributed by atoms with Gasteiger partial charge in [-0.2, -0.15) is 0 Å². The lowest BCUT2D eigenvalue weighted by Crippen LogP contribution is -2.30. The van der Waals surface area contributed by atoms with Crippen molar-refractivity contribution in [3.8, 4) is 0 Å². The second-order valence-corrected chi connectivity index (χ2v) is 23.0. The maximum Gasteiger partial charge on any atom is 0.306 e. The number of allylic oxidation sites excluding steroid dienone is 18. The molecule has 0 aromatic rings. The quantitative estimate of drug-likeness (QED) is 0.0261. The van der Waals surface area contributed by atoms with Gasteiger partial charge in [0.1, 0.15) is 13.2 Å². The SMILES string of the molecule is CC/C=C\C/C=C\C/C=C\C/C=C\C/C=C\CCCCCCCC(=O)OC(COC(=O)CCCCCCCCCCCCCC/C=C\C/C=C\C/C=C\C/C=C\CC)COC(=O)CCCCCCCCCCCCCCCCCCCC. The summed E-state index contributed by atoms with van der Waals surface area (Å²) in [7, 11) is 0. The van der Waals surface area contributed by atoms with Gasteiger partial charge in [-0.3, -0.25) is 14.4 Å². The highest BCUT2D eigenvalue weighted by molar-refractivity contribution is 5.71. The molecule has 0 aliphatic rings. The Bertz CT molecular complexity index is 1640. The van der Waals surface area contributed by atoms with Crippen LogP contribution >= 0.6 is 0 Å². The summed E-state index contributed by atoms with van der Waals surface area (Å²) < 4.78 is 17.0. The van der Waals surface area contributed by atoms with E-state index in [1.165, 1.54) is 161 Å². The molecule has 0 bridgehead atoms. The predicted octanol–water partition coefficient (Wildman–Crippen LogP) is 24.2. The molecule has 82 heavy (non-hydrogen) atoms. The van der Waals surface area contributed by atoms with Crippen molar-refractivity contribution >= 4 is 17.9 Å².